The van der Waals surface area contributed by atoms with Crippen LogP contribution < -0.4 is 10.1 Å². The quantitative estimate of drug-likeness (QED) is 0.563. The Balaban J connectivity index is 1.86. The van der Waals surface area contributed by atoms with Crippen molar-refractivity contribution in [1.82, 2.24) is 0 Å². The van der Waals surface area contributed by atoms with Gasteiger partial charge in [-0.05, 0) is 42.0 Å². The second kappa shape index (κ2) is 10.1. The summed E-state index contributed by atoms with van der Waals surface area (Å²) in [4.78, 5) is 35.1. The molecular formula is C20H18ClNO6. The number of rotatable bonds is 7. The summed E-state index contributed by atoms with van der Waals surface area (Å²) < 4.78 is 14.6. The van der Waals surface area contributed by atoms with E-state index in [1.165, 1.54) is 32.4 Å². The zero-order valence-corrected chi connectivity index (χ0v) is 16.0. The second-order valence-corrected chi connectivity index (χ2v) is 5.88. The van der Waals surface area contributed by atoms with Crippen LogP contribution >= 0.6 is 11.6 Å². The molecule has 8 heteroatoms. The normalized spacial score (nSPS) is 10.4. The molecular weight excluding hydrogens is 386 g/mol. The highest BCUT2D eigenvalue weighted by atomic mass is 35.5. The molecule has 0 radical (unpaired) electrons. The number of nitrogens with one attached hydrogen (secondary N) is 1. The fraction of sp³-hybridized carbons (Fsp3) is 0.150. The molecule has 0 spiro atoms. The van der Waals surface area contributed by atoms with Crippen LogP contribution in [0.5, 0.6) is 5.75 Å². The Bertz CT molecular complexity index is 892. The maximum atomic E-state index is 11.9. The molecule has 0 unspecified atom stereocenters. The van der Waals surface area contributed by atoms with Crippen LogP contribution in [0.2, 0.25) is 5.02 Å². The van der Waals surface area contributed by atoms with Crippen molar-refractivity contribution in [3.05, 3.63) is 64.7 Å². The van der Waals surface area contributed by atoms with Gasteiger partial charge in [-0.1, -0.05) is 23.7 Å². The van der Waals surface area contributed by atoms with Gasteiger partial charge in [0, 0.05) is 11.1 Å². The van der Waals surface area contributed by atoms with Gasteiger partial charge < -0.3 is 19.5 Å². The van der Waals surface area contributed by atoms with E-state index in [0.29, 0.717) is 27.6 Å². The minimum Gasteiger partial charge on any atom is -0.495 e. The van der Waals surface area contributed by atoms with Crippen molar-refractivity contribution < 1.29 is 28.6 Å². The van der Waals surface area contributed by atoms with E-state index in [9.17, 15) is 14.4 Å². The number of benzene rings is 2. The lowest BCUT2D eigenvalue weighted by Gasteiger charge is -2.10. The first-order chi connectivity index (χ1) is 13.4. The molecule has 2 rings (SSSR count). The summed E-state index contributed by atoms with van der Waals surface area (Å²) in [5, 5.41) is 2.99. The van der Waals surface area contributed by atoms with Crippen LogP contribution in [0.25, 0.3) is 6.08 Å². The first kappa shape index (κ1) is 21.0. The van der Waals surface area contributed by atoms with Gasteiger partial charge in [0.15, 0.2) is 6.61 Å². The third-order valence-electron chi connectivity index (χ3n) is 3.52. The highest BCUT2D eigenvalue weighted by molar-refractivity contribution is 6.31. The zero-order chi connectivity index (χ0) is 20.5. The van der Waals surface area contributed by atoms with Crippen molar-refractivity contribution in [3.63, 3.8) is 0 Å². The Morgan fingerprint density at radius 1 is 1.07 bits per heavy atom. The monoisotopic (exact) mass is 403 g/mol. The number of hydrogen-bond donors (Lipinski definition) is 1. The lowest BCUT2D eigenvalue weighted by molar-refractivity contribution is -0.142. The summed E-state index contributed by atoms with van der Waals surface area (Å²) in [7, 11) is 2.76. The average molecular weight is 404 g/mol. The Hall–Kier alpha value is -3.32. The van der Waals surface area contributed by atoms with E-state index >= 15 is 0 Å². The summed E-state index contributed by atoms with van der Waals surface area (Å²) in [5.41, 5.74) is 1.45. The third-order valence-corrected chi connectivity index (χ3v) is 3.76. The van der Waals surface area contributed by atoms with Gasteiger partial charge in [0.2, 0.25) is 0 Å². The van der Waals surface area contributed by atoms with Crippen LogP contribution in [0.1, 0.15) is 15.9 Å². The molecule has 0 atom stereocenters. The van der Waals surface area contributed by atoms with Crippen LogP contribution in [0.4, 0.5) is 5.69 Å². The number of methoxy groups -OCH3 is 2. The molecule has 0 saturated carbocycles. The van der Waals surface area contributed by atoms with Gasteiger partial charge in [-0.3, -0.25) is 4.79 Å². The highest BCUT2D eigenvalue weighted by Crippen LogP contribution is 2.27. The fourth-order valence-electron chi connectivity index (χ4n) is 2.16. The van der Waals surface area contributed by atoms with E-state index in [2.05, 4.69) is 10.1 Å². The molecule has 0 fully saturated rings. The van der Waals surface area contributed by atoms with Gasteiger partial charge in [0.05, 0.1) is 25.5 Å². The number of carbonyl (C=O) groups excluding carboxylic acids is 3. The number of carbonyl (C=O) groups is 3. The lowest BCUT2D eigenvalue weighted by Crippen LogP contribution is -2.20. The van der Waals surface area contributed by atoms with Crippen molar-refractivity contribution in [1.29, 1.82) is 0 Å². The molecule has 0 aliphatic rings. The molecule has 1 amide bonds. The molecule has 0 aliphatic heterocycles. The SMILES string of the molecule is COC(=O)c1ccc(/C=C/C(=O)OCC(=O)Nc2cc(Cl)ccc2OC)cc1. The van der Waals surface area contributed by atoms with Crippen LogP contribution in [0.15, 0.2) is 48.5 Å². The minimum atomic E-state index is -0.690. The number of amides is 1. The molecule has 2 aromatic carbocycles. The van der Waals surface area contributed by atoms with E-state index in [1.54, 1.807) is 36.4 Å². The van der Waals surface area contributed by atoms with Crippen molar-refractivity contribution in [2.24, 2.45) is 0 Å². The Kier molecular flexibility index (Phi) is 7.59. The van der Waals surface area contributed by atoms with Gasteiger partial charge in [-0.25, -0.2) is 9.59 Å². The lowest BCUT2D eigenvalue weighted by atomic mass is 10.1. The van der Waals surface area contributed by atoms with Crippen molar-refractivity contribution in [3.8, 4) is 5.75 Å². The van der Waals surface area contributed by atoms with Gasteiger partial charge >= 0.3 is 11.9 Å². The van der Waals surface area contributed by atoms with E-state index in [1.807, 2.05) is 0 Å². The fourth-order valence-corrected chi connectivity index (χ4v) is 2.33. The Labute approximate surface area is 166 Å². The predicted molar refractivity (Wildman–Crippen MR) is 104 cm³/mol. The molecule has 0 saturated heterocycles. The molecule has 0 aliphatic carbocycles. The van der Waals surface area contributed by atoms with Crippen LogP contribution in [-0.2, 0) is 19.1 Å². The number of esters is 2. The van der Waals surface area contributed by atoms with Gasteiger partial charge in [0.25, 0.3) is 5.91 Å². The van der Waals surface area contributed by atoms with Crippen LogP contribution in [-0.4, -0.2) is 38.7 Å². The van der Waals surface area contributed by atoms with Crippen LogP contribution in [0.3, 0.4) is 0 Å². The summed E-state index contributed by atoms with van der Waals surface area (Å²) in [6.07, 6.45) is 2.68. The number of halogens is 1. The standard InChI is InChI=1S/C20H18ClNO6/c1-26-17-9-8-15(21)11-16(17)22-18(23)12-28-19(24)10-5-13-3-6-14(7-4-13)20(25)27-2/h3-11H,12H2,1-2H3,(H,22,23)/b10-5+. The third kappa shape index (κ3) is 6.14. The van der Waals surface area contributed by atoms with Crippen molar-refractivity contribution in [2.75, 3.05) is 26.1 Å². The van der Waals surface area contributed by atoms with E-state index in [-0.39, 0.29) is 0 Å². The van der Waals surface area contributed by atoms with Crippen LogP contribution in [0, 0.1) is 0 Å². The smallest absolute Gasteiger partial charge is 0.337 e. The van der Waals surface area contributed by atoms with Gasteiger partial charge in [-0.2, -0.15) is 0 Å². The molecule has 0 heterocycles. The topological polar surface area (TPSA) is 90.9 Å². The van der Waals surface area contributed by atoms with Gasteiger partial charge in [0.1, 0.15) is 5.75 Å². The first-order valence-corrected chi connectivity index (χ1v) is 8.47. The number of anilines is 1. The van der Waals surface area contributed by atoms with Crippen molar-refractivity contribution in [2.45, 2.75) is 0 Å². The summed E-state index contributed by atoms with van der Waals surface area (Å²) in [5.74, 6) is -1.24. The molecule has 0 bridgehead atoms. The largest absolute Gasteiger partial charge is 0.495 e. The molecule has 2 aromatic rings. The first-order valence-electron chi connectivity index (χ1n) is 8.09. The molecule has 7 nitrogen and oxygen atoms in total. The maximum Gasteiger partial charge on any atom is 0.337 e. The Morgan fingerprint density at radius 3 is 2.43 bits per heavy atom. The summed E-state index contributed by atoms with van der Waals surface area (Å²) in [6.45, 7) is -0.472. The Morgan fingerprint density at radius 2 is 1.79 bits per heavy atom. The molecule has 146 valence electrons. The highest BCUT2D eigenvalue weighted by Gasteiger charge is 2.10. The zero-order valence-electron chi connectivity index (χ0n) is 15.2. The van der Waals surface area contributed by atoms with Gasteiger partial charge in [-0.15, -0.1) is 0 Å². The van der Waals surface area contributed by atoms with E-state index in [0.717, 1.165) is 0 Å². The molecule has 0 aromatic heterocycles. The average Bonchev–Trinajstić information content (AvgIpc) is 2.70. The molecule has 1 N–H and O–H groups in total. The molecule has 28 heavy (non-hydrogen) atoms. The predicted octanol–water partition coefficient (Wildman–Crippen LogP) is 3.33. The maximum absolute atomic E-state index is 11.9. The summed E-state index contributed by atoms with van der Waals surface area (Å²) in [6, 6.07) is 11.2. The van der Waals surface area contributed by atoms with Crippen molar-refractivity contribution >= 4 is 41.2 Å². The van der Waals surface area contributed by atoms with E-state index < -0.39 is 24.5 Å². The summed E-state index contributed by atoms with van der Waals surface area (Å²) >= 11 is 5.89. The second-order valence-electron chi connectivity index (χ2n) is 5.45. The van der Waals surface area contributed by atoms with E-state index in [4.69, 9.17) is 21.1 Å². The number of hydrogen-bond acceptors (Lipinski definition) is 6. The minimum absolute atomic E-state index is 0.372. The number of ether oxygens (including phenoxy) is 3.